The second-order valence-corrected chi connectivity index (χ2v) is 21.0. The van der Waals surface area contributed by atoms with Crippen molar-refractivity contribution in [2.45, 2.75) is 84.2 Å². The number of rotatable bonds is 9. The molecule has 1 saturated carbocycles. The van der Waals surface area contributed by atoms with Crippen LogP contribution in [0.25, 0.3) is 0 Å². The Hall–Kier alpha value is -1.33. The molecule has 3 unspecified atom stereocenters. The zero-order valence-electron chi connectivity index (χ0n) is 21.1. The maximum atomic E-state index is 6.52. The summed E-state index contributed by atoms with van der Waals surface area (Å²) in [6.07, 6.45) is 15.7. The molecule has 31 heavy (non-hydrogen) atoms. The van der Waals surface area contributed by atoms with Crippen LogP contribution >= 0.6 is 0 Å². The summed E-state index contributed by atoms with van der Waals surface area (Å²) >= 11 is 0. The average molecular weight is 453 g/mol. The van der Waals surface area contributed by atoms with E-state index in [4.69, 9.17) is 4.74 Å². The molecule has 0 radical (unpaired) electrons. The molecule has 2 aliphatic carbocycles. The molecule has 0 N–H and O–H groups in total. The monoisotopic (exact) mass is 452 g/mol. The Kier molecular flexibility index (Phi) is 7.58. The van der Waals surface area contributed by atoms with Gasteiger partial charge in [0.05, 0.1) is 16.1 Å². The predicted octanol–water partition coefficient (Wildman–Crippen LogP) is 7.10. The molecule has 0 saturated heterocycles. The summed E-state index contributed by atoms with van der Waals surface area (Å²) in [5.41, 5.74) is 3.87. The number of fused-ring (bicyclic) bond motifs is 1. The van der Waals surface area contributed by atoms with E-state index in [2.05, 4.69) is 83.5 Å². The molecule has 3 atom stereocenters. The van der Waals surface area contributed by atoms with Crippen molar-refractivity contribution in [3.8, 4) is 5.75 Å². The molecule has 3 rings (SSSR count). The highest BCUT2D eigenvalue weighted by atomic mass is 28.3. The first-order valence-corrected chi connectivity index (χ1v) is 18.9. The quantitative estimate of drug-likeness (QED) is 0.287. The summed E-state index contributed by atoms with van der Waals surface area (Å²) in [6.45, 7) is 21.7. The Labute approximate surface area is 193 Å². The van der Waals surface area contributed by atoms with Gasteiger partial charge in [0, 0.05) is 0 Å². The predicted molar refractivity (Wildman–Crippen MR) is 144 cm³/mol. The van der Waals surface area contributed by atoms with E-state index in [0.29, 0.717) is 6.61 Å². The number of aryl methyl sites for hydroxylation is 1. The van der Waals surface area contributed by atoms with E-state index in [-0.39, 0.29) is 0 Å². The summed E-state index contributed by atoms with van der Waals surface area (Å²) in [7, 11) is -3.39. The first kappa shape index (κ1) is 24.3. The van der Waals surface area contributed by atoms with Gasteiger partial charge in [0.25, 0.3) is 0 Å². The minimum absolute atomic E-state index is 0.593. The van der Waals surface area contributed by atoms with Crippen molar-refractivity contribution in [3.05, 3.63) is 54.2 Å². The molecule has 0 aromatic heterocycles. The van der Waals surface area contributed by atoms with E-state index in [9.17, 15) is 0 Å². The lowest BCUT2D eigenvalue weighted by Crippen LogP contribution is -2.52. The topological polar surface area (TPSA) is 9.23 Å². The highest BCUT2D eigenvalue weighted by molar-refractivity contribution is 6.94. The van der Waals surface area contributed by atoms with Crippen LogP contribution in [0.5, 0.6) is 5.75 Å². The first-order chi connectivity index (χ1) is 14.6. The maximum absolute atomic E-state index is 6.52. The summed E-state index contributed by atoms with van der Waals surface area (Å²) in [6, 6.07) is 4.89. The van der Waals surface area contributed by atoms with E-state index in [1.807, 2.05) is 6.08 Å². The van der Waals surface area contributed by atoms with Crippen LogP contribution in [0.2, 0.25) is 38.3 Å². The van der Waals surface area contributed by atoms with Crippen LogP contribution < -0.4 is 15.1 Å². The van der Waals surface area contributed by atoms with Gasteiger partial charge in [-0.25, -0.2) is 0 Å². The van der Waals surface area contributed by atoms with Crippen molar-refractivity contribution in [2.75, 3.05) is 6.61 Å². The Morgan fingerprint density at radius 3 is 2.48 bits per heavy atom. The zero-order chi connectivity index (χ0) is 22.8. The van der Waals surface area contributed by atoms with Crippen LogP contribution in [0.15, 0.2) is 48.6 Å². The molecule has 1 aromatic rings. The van der Waals surface area contributed by atoms with E-state index in [1.54, 1.807) is 10.8 Å². The van der Waals surface area contributed by atoms with Gasteiger partial charge in [0.2, 0.25) is 0 Å². The van der Waals surface area contributed by atoms with Gasteiger partial charge < -0.3 is 4.74 Å². The molecule has 170 valence electrons. The molecule has 0 heterocycles. The number of ether oxygens (including phenoxy) is 1. The summed E-state index contributed by atoms with van der Waals surface area (Å²) in [4.78, 5) is 0. The third-order valence-electron chi connectivity index (χ3n) is 7.52. The highest BCUT2D eigenvalue weighted by Crippen LogP contribution is 2.54. The molecule has 1 nitrogen and oxygen atoms in total. The number of hydrogen-bond donors (Lipinski definition) is 0. The average Bonchev–Trinajstić information content (AvgIpc) is 3.09. The third kappa shape index (κ3) is 5.03. The maximum Gasteiger partial charge on any atom is 0.118 e. The molecule has 1 fully saturated rings. The number of unbranched alkanes of at least 4 members (excludes halogenated alkanes) is 1. The fourth-order valence-corrected chi connectivity index (χ4v) is 12.1. The highest BCUT2D eigenvalue weighted by Gasteiger charge is 2.49. The smallest absolute Gasteiger partial charge is 0.118 e. The van der Waals surface area contributed by atoms with Gasteiger partial charge in [0.15, 0.2) is 0 Å². The van der Waals surface area contributed by atoms with E-state index in [0.717, 1.165) is 17.4 Å². The van der Waals surface area contributed by atoms with E-state index < -0.39 is 16.1 Å². The van der Waals surface area contributed by atoms with Gasteiger partial charge in [0.1, 0.15) is 12.4 Å². The molecule has 2 aliphatic rings. The molecule has 1 aromatic carbocycles. The van der Waals surface area contributed by atoms with Crippen LogP contribution in [-0.4, -0.2) is 22.8 Å². The van der Waals surface area contributed by atoms with Crippen molar-refractivity contribution >= 4 is 26.5 Å². The molecular formula is C28H44OSi2. The fourth-order valence-electron chi connectivity index (χ4n) is 6.09. The summed E-state index contributed by atoms with van der Waals surface area (Å²) < 4.78 is 6.52. The van der Waals surface area contributed by atoms with Gasteiger partial charge in [-0.3, -0.25) is 0 Å². The normalized spacial score (nSPS) is 23.5. The zero-order valence-corrected chi connectivity index (χ0v) is 23.1. The minimum atomic E-state index is -1.84. The van der Waals surface area contributed by atoms with E-state index >= 15 is 0 Å². The number of allylic oxidation sites excluding steroid dienone is 4. The van der Waals surface area contributed by atoms with Crippen molar-refractivity contribution in [1.82, 2.24) is 0 Å². The molecule has 0 aliphatic heterocycles. The molecule has 0 spiro atoms. The lowest BCUT2D eigenvalue weighted by molar-refractivity contribution is 0.368. The molecule has 0 amide bonds. The van der Waals surface area contributed by atoms with Crippen molar-refractivity contribution in [3.63, 3.8) is 0 Å². The van der Waals surface area contributed by atoms with Gasteiger partial charge in [-0.1, -0.05) is 113 Å². The van der Waals surface area contributed by atoms with Gasteiger partial charge in [-0.05, 0) is 47.5 Å². The lowest BCUT2D eigenvalue weighted by Gasteiger charge is -2.38. The number of hydrogen-bond acceptors (Lipinski definition) is 1. The Balaban J connectivity index is 2.16. The van der Waals surface area contributed by atoms with Crippen LogP contribution in [0.3, 0.4) is 0 Å². The Morgan fingerprint density at radius 2 is 1.84 bits per heavy atom. The number of benzene rings is 1. The lowest BCUT2D eigenvalue weighted by atomic mass is 9.94. The Morgan fingerprint density at radius 1 is 1.13 bits per heavy atom. The summed E-state index contributed by atoms with van der Waals surface area (Å²) in [5.74, 6) is 2.80. The fraction of sp³-hybridized carbons (Fsp3) is 0.571. The van der Waals surface area contributed by atoms with Crippen molar-refractivity contribution < 1.29 is 4.74 Å². The minimum Gasteiger partial charge on any atom is -0.490 e. The largest absolute Gasteiger partial charge is 0.490 e. The van der Waals surface area contributed by atoms with Crippen LogP contribution in [-0.2, 0) is 0 Å². The van der Waals surface area contributed by atoms with Crippen molar-refractivity contribution in [1.29, 1.82) is 0 Å². The van der Waals surface area contributed by atoms with Crippen LogP contribution in [0, 0.1) is 18.8 Å². The van der Waals surface area contributed by atoms with Gasteiger partial charge in [-0.2, -0.15) is 0 Å². The Bertz CT molecular complexity index is 856. The van der Waals surface area contributed by atoms with Crippen LogP contribution in [0.4, 0.5) is 0 Å². The van der Waals surface area contributed by atoms with Crippen molar-refractivity contribution in [2.24, 2.45) is 11.8 Å². The standard InChI is InChI=1S/C28H44OSi2/c1-9-11-14-23-20-22-15-12-13-16-24(22)28(23)31(7,8)26-19-21(3)18-25(30(4,5)6)27(26)29-17-10-2/h10,12-13,16,18-19,22-23,28H,2,9,11,14-15,17,20H2,1,3-8H3. The third-order valence-corrected chi connectivity index (χ3v) is 13.6. The van der Waals surface area contributed by atoms with Gasteiger partial charge in [-0.15, -0.1) is 0 Å². The van der Waals surface area contributed by atoms with Gasteiger partial charge >= 0.3 is 0 Å². The molecule has 0 bridgehead atoms. The summed E-state index contributed by atoms with van der Waals surface area (Å²) in [5, 5.41) is 3.04. The second kappa shape index (κ2) is 9.66. The first-order valence-electron chi connectivity index (χ1n) is 12.4. The SMILES string of the molecule is C=CCOc1c([Si](C)(C)C)cc(C)cc1[Si](C)(C)C1C2=CC=CCC2CC1CCCC. The second-order valence-electron chi connectivity index (χ2n) is 11.4. The molecule has 3 heteroatoms. The van der Waals surface area contributed by atoms with E-state index in [1.165, 1.54) is 48.6 Å². The molecular weight excluding hydrogens is 408 g/mol. The van der Waals surface area contributed by atoms with Crippen LogP contribution in [0.1, 0.15) is 44.6 Å².